The Hall–Kier alpha value is -3.89. The molecule has 1 aromatic heterocycles. The van der Waals surface area contributed by atoms with Crippen molar-refractivity contribution in [1.29, 1.82) is 10.7 Å². The van der Waals surface area contributed by atoms with Gasteiger partial charge in [0.05, 0.1) is 29.2 Å². The van der Waals surface area contributed by atoms with E-state index < -0.39 is 0 Å². The molecule has 7 heteroatoms. The lowest BCUT2D eigenvalue weighted by Gasteiger charge is -2.30. The van der Waals surface area contributed by atoms with E-state index in [4.69, 9.17) is 22.1 Å². The maximum Gasteiger partial charge on any atom is 0.123 e. The molecule has 7 nitrogen and oxygen atoms in total. The second-order valence-electron chi connectivity index (χ2n) is 7.29. The molecule has 2 aromatic carbocycles. The third-order valence-corrected chi connectivity index (χ3v) is 5.22. The average molecular weight is 397 g/mol. The lowest BCUT2D eigenvalue weighted by atomic mass is 10.0. The zero-order chi connectivity index (χ0) is 21.3. The molecule has 4 rings (SSSR count). The Labute approximate surface area is 175 Å². The van der Waals surface area contributed by atoms with Crippen molar-refractivity contribution in [3.8, 4) is 17.2 Å². The number of nitriles is 1. The number of nitrogens with two attached hydrogens (primary N) is 2. The number of benzene rings is 2. The van der Waals surface area contributed by atoms with Gasteiger partial charge in [-0.15, -0.1) is 0 Å². The molecule has 1 unspecified atom stereocenters. The Bertz CT molecular complexity index is 1110. The van der Waals surface area contributed by atoms with Gasteiger partial charge in [-0.2, -0.15) is 5.26 Å². The summed E-state index contributed by atoms with van der Waals surface area (Å²) in [4.78, 5) is 8.24. The van der Waals surface area contributed by atoms with Gasteiger partial charge in [0.2, 0.25) is 0 Å². The molecular weight excluding hydrogens is 374 g/mol. The maximum absolute atomic E-state index is 9.13. The number of hydrogen-bond donors (Lipinski definition) is 3. The van der Waals surface area contributed by atoms with E-state index >= 15 is 0 Å². The number of pyridine rings is 1. The molecule has 0 radical (unpaired) electrons. The zero-order valence-corrected chi connectivity index (χ0v) is 16.7. The highest BCUT2D eigenvalue weighted by Crippen LogP contribution is 2.40. The summed E-state index contributed by atoms with van der Waals surface area (Å²) in [5.41, 5.74) is 17.3. The van der Waals surface area contributed by atoms with Crippen LogP contribution in [0.1, 0.15) is 18.9 Å². The summed E-state index contributed by atoms with van der Waals surface area (Å²) < 4.78 is 0. The van der Waals surface area contributed by atoms with E-state index in [1.807, 2.05) is 54.3 Å². The van der Waals surface area contributed by atoms with Crippen LogP contribution in [0.2, 0.25) is 0 Å². The minimum atomic E-state index is -0.332. The van der Waals surface area contributed by atoms with E-state index in [0.29, 0.717) is 30.2 Å². The summed E-state index contributed by atoms with van der Waals surface area (Å²) >= 11 is 0. The molecule has 1 aliphatic heterocycles. The Kier molecular flexibility index (Phi) is 5.09. The zero-order valence-electron chi connectivity index (χ0n) is 16.7. The number of anilines is 4. The minimum absolute atomic E-state index is 0.332. The fourth-order valence-electron chi connectivity index (χ4n) is 3.75. The molecule has 2 heterocycles. The molecule has 0 saturated carbocycles. The number of nitrogens with zero attached hydrogens (tertiary/aromatic N) is 4. The van der Waals surface area contributed by atoms with Crippen LogP contribution in [0.4, 0.5) is 22.9 Å². The van der Waals surface area contributed by atoms with Crippen molar-refractivity contribution >= 4 is 28.7 Å². The van der Waals surface area contributed by atoms with Crippen molar-refractivity contribution in [2.75, 3.05) is 22.1 Å². The van der Waals surface area contributed by atoms with E-state index in [2.05, 4.69) is 22.0 Å². The SMILES string of the molecule is CC(N)N1C(=N)CCN(c2ccc(C#N)cc2)c2cc(-c3ccc(N)nc3)ccc21. The third kappa shape index (κ3) is 3.56. The van der Waals surface area contributed by atoms with Gasteiger partial charge in [0, 0.05) is 30.4 Å². The monoisotopic (exact) mass is 397 g/mol. The van der Waals surface area contributed by atoms with E-state index in [0.717, 1.165) is 28.2 Å². The molecule has 3 aromatic rings. The summed E-state index contributed by atoms with van der Waals surface area (Å²) in [5, 5.41) is 17.7. The number of aromatic nitrogens is 1. The second-order valence-corrected chi connectivity index (χ2v) is 7.29. The maximum atomic E-state index is 9.13. The van der Waals surface area contributed by atoms with Crippen molar-refractivity contribution in [1.82, 2.24) is 4.98 Å². The van der Waals surface area contributed by atoms with Crippen LogP contribution in [0.25, 0.3) is 11.1 Å². The van der Waals surface area contributed by atoms with Crippen LogP contribution in [0.5, 0.6) is 0 Å². The van der Waals surface area contributed by atoms with Gasteiger partial charge in [-0.1, -0.05) is 6.07 Å². The Morgan fingerprint density at radius 3 is 2.43 bits per heavy atom. The largest absolute Gasteiger partial charge is 0.384 e. The molecule has 150 valence electrons. The van der Waals surface area contributed by atoms with E-state index in [-0.39, 0.29) is 6.17 Å². The molecule has 1 atom stereocenters. The standard InChI is InChI=1S/C23H23N7/c1-15(25)30-20-8-4-17(18-5-9-22(26)28-14-18)12-21(20)29(11-10-23(30)27)19-6-2-16(13-24)3-7-19/h2-9,12,14-15,27H,10-11,25H2,1H3,(H2,26,28). The summed E-state index contributed by atoms with van der Waals surface area (Å²) in [7, 11) is 0. The van der Waals surface area contributed by atoms with Crippen LogP contribution < -0.4 is 21.3 Å². The first kappa shape index (κ1) is 19.4. The van der Waals surface area contributed by atoms with Crippen LogP contribution in [-0.2, 0) is 0 Å². The molecular formula is C23H23N7. The molecule has 0 saturated heterocycles. The normalized spacial score (nSPS) is 14.6. The number of fused-ring (bicyclic) bond motifs is 1. The highest BCUT2D eigenvalue weighted by molar-refractivity contribution is 6.02. The third-order valence-electron chi connectivity index (χ3n) is 5.22. The van der Waals surface area contributed by atoms with Gasteiger partial charge in [-0.05, 0) is 61.0 Å². The fraction of sp³-hybridized carbons (Fsp3) is 0.174. The highest BCUT2D eigenvalue weighted by Gasteiger charge is 2.27. The fourth-order valence-corrected chi connectivity index (χ4v) is 3.75. The van der Waals surface area contributed by atoms with Gasteiger partial charge in [0.15, 0.2) is 0 Å². The summed E-state index contributed by atoms with van der Waals surface area (Å²) in [6.45, 7) is 2.51. The molecule has 0 fully saturated rings. The van der Waals surface area contributed by atoms with E-state index in [1.165, 1.54) is 0 Å². The predicted octanol–water partition coefficient (Wildman–Crippen LogP) is 3.83. The molecule has 0 aliphatic carbocycles. The van der Waals surface area contributed by atoms with Crippen molar-refractivity contribution < 1.29 is 0 Å². The summed E-state index contributed by atoms with van der Waals surface area (Å²) in [6.07, 6.45) is 1.97. The number of hydrogen-bond acceptors (Lipinski definition) is 6. The number of nitrogens with one attached hydrogen (secondary N) is 1. The molecule has 0 bridgehead atoms. The van der Waals surface area contributed by atoms with Gasteiger partial charge >= 0.3 is 0 Å². The molecule has 0 amide bonds. The van der Waals surface area contributed by atoms with Crippen molar-refractivity contribution in [3.05, 3.63) is 66.4 Å². The summed E-state index contributed by atoms with van der Waals surface area (Å²) in [6, 6.07) is 19.5. The lowest BCUT2D eigenvalue weighted by Crippen LogP contribution is -2.43. The first-order valence-corrected chi connectivity index (χ1v) is 9.74. The first-order valence-electron chi connectivity index (χ1n) is 9.74. The highest BCUT2D eigenvalue weighted by atomic mass is 15.3. The van der Waals surface area contributed by atoms with Crippen molar-refractivity contribution in [3.63, 3.8) is 0 Å². The Balaban J connectivity index is 1.88. The quantitative estimate of drug-likeness (QED) is 0.618. The number of rotatable bonds is 3. The Morgan fingerprint density at radius 2 is 1.80 bits per heavy atom. The minimum Gasteiger partial charge on any atom is -0.384 e. The van der Waals surface area contributed by atoms with E-state index in [9.17, 15) is 0 Å². The summed E-state index contributed by atoms with van der Waals surface area (Å²) in [5.74, 6) is 0.952. The average Bonchev–Trinajstić information content (AvgIpc) is 2.90. The van der Waals surface area contributed by atoms with Crippen LogP contribution in [0, 0.1) is 16.7 Å². The van der Waals surface area contributed by atoms with Gasteiger partial charge in [0.25, 0.3) is 0 Å². The van der Waals surface area contributed by atoms with Crippen LogP contribution in [-0.4, -0.2) is 23.5 Å². The molecule has 0 spiro atoms. The first-order chi connectivity index (χ1) is 14.5. The Morgan fingerprint density at radius 1 is 1.07 bits per heavy atom. The van der Waals surface area contributed by atoms with Gasteiger partial charge in [-0.25, -0.2) is 4.98 Å². The lowest BCUT2D eigenvalue weighted by molar-refractivity contribution is 0.759. The smallest absolute Gasteiger partial charge is 0.123 e. The number of amidine groups is 1. The van der Waals surface area contributed by atoms with Crippen LogP contribution >= 0.6 is 0 Å². The van der Waals surface area contributed by atoms with E-state index in [1.54, 1.807) is 12.3 Å². The van der Waals surface area contributed by atoms with Crippen molar-refractivity contribution in [2.24, 2.45) is 5.73 Å². The topological polar surface area (TPSA) is 119 Å². The van der Waals surface area contributed by atoms with Gasteiger partial charge in [0.1, 0.15) is 11.7 Å². The van der Waals surface area contributed by atoms with Gasteiger partial charge < -0.3 is 21.3 Å². The van der Waals surface area contributed by atoms with Gasteiger partial charge in [-0.3, -0.25) is 5.41 Å². The predicted molar refractivity (Wildman–Crippen MR) is 121 cm³/mol. The number of nitrogen functional groups attached to an aromatic ring is 1. The molecule has 5 N–H and O–H groups in total. The van der Waals surface area contributed by atoms with Crippen LogP contribution in [0.15, 0.2) is 60.8 Å². The van der Waals surface area contributed by atoms with Crippen LogP contribution in [0.3, 0.4) is 0 Å². The molecule has 1 aliphatic rings. The molecule has 30 heavy (non-hydrogen) atoms. The van der Waals surface area contributed by atoms with Crippen molar-refractivity contribution in [2.45, 2.75) is 19.5 Å². The second kappa shape index (κ2) is 7.85.